The Hall–Kier alpha value is -0.710. The molecule has 0 aliphatic carbocycles. The Morgan fingerprint density at radius 1 is 1.40 bits per heavy atom. The fraction of sp³-hybridized carbons (Fsp3) is 0.600. The van der Waals surface area contributed by atoms with E-state index in [1.165, 1.54) is 11.8 Å². The Balaban J connectivity index is 2.50. The van der Waals surface area contributed by atoms with Gasteiger partial charge in [0.05, 0.1) is 0 Å². The maximum atomic E-state index is 10.7. The van der Waals surface area contributed by atoms with Gasteiger partial charge in [-0.2, -0.15) is 0 Å². The maximum Gasteiger partial charge on any atom is 0.231 e. The lowest BCUT2D eigenvalue weighted by molar-refractivity contribution is -0.132. The standard InChI is InChI=1S/C5H8N2O2S/c1-10-5-6-3(8)2-4(9)7-5/h5H,2H2,1H3,(H,6,8)(H,7,9). The third-order valence-electron chi connectivity index (χ3n) is 1.14. The van der Waals surface area contributed by atoms with Gasteiger partial charge in [0.25, 0.3) is 0 Å². The zero-order valence-electron chi connectivity index (χ0n) is 5.51. The van der Waals surface area contributed by atoms with Crippen LogP contribution in [0.25, 0.3) is 0 Å². The molecule has 2 N–H and O–H groups in total. The molecule has 1 rings (SSSR count). The number of carbonyl (C=O) groups is 2. The number of amides is 2. The van der Waals surface area contributed by atoms with Gasteiger partial charge in [-0.15, -0.1) is 11.8 Å². The predicted molar refractivity (Wildman–Crippen MR) is 38.2 cm³/mol. The van der Waals surface area contributed by atoms with Crippen LogP contribution in [0.3, 0.4) is 0 Å². The van der Waals surface area contributed by atoms with Gasteiger partial charge in [0.2, 0.25) is 11.8 Å². The molecule has 0 saturated carbocycles. The first kappa shape index (κ1) is 7.40. The van der Waals surface area contributed by atoms with E-state index in [1.54, 1.807) is 0 Å². The first-order valence-electron chi connectivity index (χ1n) is 2.84. The molecular weight excluding hydrogens is 152 g/mol. The third kappa shape index (κ3) is 1.63. The van der Waals surface area contributed by atoms with E-state index in [-0.39, 0.29) is 23.7 Å². The molecule has 0 bridgehead atoms. The molecule has 0 radical (unpaired) electrons. The lowest BCUT2D eigenvalue weighted by Gasteiger charge is -2.22. The molecular formula is C5H8N2O2S. The second-order valence-electron chi connectivity index (χ2n) is 1.93. The molecule has 10 heavy (non-hydrogen) atoms. The Kier molecular flexibility index (Phi) is 2.16. The Bertz CT molecular complexity index is 155. The summed E-state index contributed by atoms with van der Waals surface area (Å²) in [6, 6.07) is 0. The molecule has 1 fully saturated rings. The average molecular weight is 160 g/mol. The van der Waals surface area contributed by atoms with Crippen LogP contribution >= 0.6 is 11.8 Å². The highest BCUT2D eigenvalue weighted by Crippen LogP contribution is 2.03. The van der Waals surface area contributed by atoms with Crippen LogP contribution in [0.4, 0.5) is 0 Å². The molecule has 5 heteroatoms. The summed E-state index contributed by atoms with van der Waals surface area (Å²) in [6.07, 6.45) is 1.77. The van der Waals surface area contributed by atoms with Crippen molar-refractivity contribution in [1.82, 2.24) is 10.6 Å². The highest BCUT2D eigenvalue weighted by molar-refractivity contribution is 7.99. The first-order valence-corrected chi connectivity index (χ1v) is 4.12. The molecule has 0 spiro atoms. The van der Waals surface area contributed by atoms with Crippen molar-refractivity contribution in [3.8, 4) is 0 Å². The molecule has 0 unspecified atom stereocenters. The van der Waals surface area contributed by atoms with Crippen LogP contribution < -0.4 is 10.6 Å². The van der Waals surface area contributed by atoms with Gasteiger partial charge in [0, 0.05) is 0 Å². The van der Waals surface area contributed by atoms with Crippen molar-refractivity contribution in [2.75, 3.05) is 6.26 Å². The van der Waals surface area contributed by atoms with Crippen LogP contribution in [-0.4, -0.2) is 23.6 Å². The summed E-state index contributed by atoms with van der Waals surface area (Å²) < 4.78 is 0. The van der Waals surface area contributed by atoms with Crippen LogP contribution in [0.15, 0.2) is 0 Å². The summed E-state index contributed by atoms with van der Waals surface area (Å²) in [4.78, 5) is 21.3. The maximum absolute atomic E-state index is 10.7. The number of thioether (sulfide) groups is 1. The van der Waals surface area contributed by atoms with E-state index in [1.807, 2.05) is 6.26 Å². The largest absolute Gasteiger partial charge is 0.327 e. The molecule has 1 heterocycles. The minimum Gasteiger partial charge on any atom is -0.327 e. The van der Waals surface area contributed by atoms with Gasteiger partial charge in [-0.25, -0.2) is 0 Å². The summed E-state index contributed by atoms with van der Waals surface area (Å²) in [6.45, 7) is 0. The fourth-order valence-electron chi connectivity index (χ4n) is 0.694. The summed E-state index contributed by atoms with van der Waals surface area (Å²) in [5.41, 5.74) is -0.242. The lowest BCUT2D eigenvalue weighted by atomic mass is 10.3. The van der Waals surface area contributed by atoms with E-state index in [0.29, 0.717) is 0 Å². The van der Waals surface area contributed by atoms with Crippen molar-refractivity contribution >= 4 is 23.6 Å². The average Bonchev–Trinajstić information content (AvgIpc) is 1.85. The molecule has 0 atom stereocenters. The summed E-state index contributed by atoms with van der Waals surface area (Å²) >= 11 is 1.39. The third-order valence-corrected chi connectivity index (χ3v) is 1.85. The SMILES string of the molecule is CSC1NC(=O)CC(=O)N1. The number of carbonyl (C=O) groups excluding carboxylic acids is 2. The van der Waals surface area contributed by atoms with Crippen LogP contribution in [-0.2, 0) is 9.59 Å². The molecule has 0 aromatic rings. The zero-order chi connectivity index (χ0) is 7.56. The molecule has 0 aromatic heterocycles. The Labute approximate surface area is 62.7 Å². The van der Waals surface area contributed by atoms with Gasteiger partial charge in [0.1, 0.15) is 11.9 Å². The Morgan fingerprint density at radius 3 is 2.30 bits per heavy atom. The Morgan fingerprint density at radius 2 is 1.90 bits per heavy atom. The van der Waals surface area contributed by atoms with E-state index in [9.17, 15) is 9.59 Å². The van der Waals surface area contributed by atoms with Gasteiger partial charge in [-0.3, -0.25) is 9.59 Å². The normalized spacial score (nSPS) is 20.1. The molecule has 2 amide bonds. The van der Waals surface area contributed by atoms with Gasteiger partial charge < -0.3 is 10.6 Å². The van der Waals surface area contributed by atoms with Crippen LogP contribution in [0.2, 0.25) is 0 Å². The number of hydrogen-bond acceptors (Lipinski definition) is 3. The van der Waals surface area contributed by atoms with Crippen molar-refractivity contribution in [1.29, 1.82) is 0 Å². The van der Waals surface area contributed by atoms with Gasteiger partial charge in [-0.1, -0.05) is 0 Å². The van der Waals surface area contributed by atoms with Crippen LogP contribution in [0.5, 0.6) is 0 Å². The molecule has 0 aromatic carbocycles. The quantitative estimate of drug-likeness (QED) is 0.497. The summed E-state index contributed by atoms with van der Waals surface area (Å²) in [5, 5.41) is 5.18. The summed E-state index contributed by atoms with van der Waals surface area (Å²) in [5.74, 6) is -0.411. The van der Waals surface area contributed by atoms with E-state index < -0.39 is 0 Å². The predicted octanol–water partition coefficient (Wildman–Crippen LogP) is -0.731. The first-order chi connectivity index (χ1) is 4.72. The van der Waals surface area contributed by atoms with Crippen molar-refractivity contribution in [3.05, 3.63) is 0 Å². The number of hydrogen-bond donors (Lipinski definition) is 2. The van der Waals surface area contributed by atoms with E-state index in [0.717, 1.165) is 0 Å². The van der Waals surface area contributed by atoms with Crippen molar-refractivity contribution in [2.45, 2.75) is 11.9 Å². The van der Waals surface area contributed by atoms with Crippen LogP contribution in [0.1, 0.15) is 6.42 Å². The lowest BCUT2D eigenvalue weighted by Crippen LogP contribution is -2.52. The molecule has 56 valence electrons. The van der Waals surface area contributed by atoms with E-state index >= 15 is 0 Å². The second kappa shape index (κ2) is 2.92. The van der Waals surface area contributed by atoms with Crippen molar-refractivity contribution in [2.24, 2.45) is 0 Å². The van der Waals surface area contributed by atoms with Crippen molar-refractivity contribution < 1.29 is 9.59 Å². The van der Waals surface area contributed by atoms with Gasteiger partial charge in [0.15, 0.2) is 0 Å². The second-order valence-corrected chi connectivity index (χ2v) is 2.87. The van der Waals surface area contributed by atoms with Gasteiger partial charge >= 0.3 is 0 Å². The minimum absolute atomic E-state index is 0.0446. The molecule has 1 aliphatic rings. The highest BCUT2D eigenvalue weighted by atomic mass is 32.2. The summed E-state index contributed by atoms with van der Waals surface area (Å²) in [7, 11) is 0. The van der Waals surface area contributed by atoms with E-state index in [2.05, 4.69) is 10.6 Å². The smallest absolute Gasteiger partial charge is 0.231 e. The fourth-order valence-corrected chi connectivity index (χ4v) is 1.19. The number of nitrogens with one attached hydrogen (secondary N) is 2. The monoisotopic (exact) mass is 160 g/mol. The molecule has 1 aliphatic heterocycles. The topological polar surface area (TPSA) is 58.2 Å². The number of rotatable bonds is 1. The molecule has 1 saturated heterocycles. The minimum atomic E-state index is -0.242. The molecule has 4 nitrogen and oxygen atoms in total. The highest BCUT2D eigenvalue weighted by Gasteiger charge is 2.21. The van der Waals surface area contributed by atoms with Crippen LogP contribution in [0, 0.1) is 0 Å². The van der Waals surface area contributed by atoms with E-state index in [4.69, 9.17) is 0 Å². The van der Waals surface area contributed by atoms with Gasteiger partial charge in [-0.05, 0) is 6.26 Å². The zero-order valence-corrected chi connectivity index (χ0v) is 6.33. The van der Waals surface area contributed by atoms with Crippen molar-refractivity contribution in [3.63, 3.8) is 0 Å².